The average molecular weight is 383 g/mol. The molecule has 0 saturated carbocycles. The van der Waals surface area contributed by atoms with Gasteiger partial charge in [-0.05, 0) is 77.8 Å². The van der Waals surface area contributed by atoms with E-state index in [-0.39, 0.29) is 17.8 Å². The molecule has 1 aliphatic carbocycles. The average Bonchev–Trinajstić information content (AvgIpc) is 2.74. The van der Waals surface area contributed by atoms with Gasteiger partial charge in [0.1, 0.15) is 11.6 Å². The summed E-state index contributed by atoms with van der Waals surface area (Å²) >= 11 is 0. The number of nitrogen functional groups attached to an aromatic ring is 1. The van der Waals surface area contributed by atoms with E-state index in [1.165, 1.54) is 22.3 Å². The minimum Gasteiger partial charge on any atom is -0.508 e. The molecule has 5 N–H and O–H groups in total. The highest BCUT2D eigenvalue weighted by molar-refractivity contribution is 5.95. The summed E-state index contributed by atoms with van der Waals surface area (Å²) in [6.07, 6.45) is 2.15. The predicted octanol–water partition coefficient (Wildman–Crippen LogP) is 4.85. The van der Waals surface area contributed by atoms with Crippen LogP contribution in [-0.2, 0) is 6.42 Å². The number of aryl methyl sites for hydroxylation is 2. The van der Waals surface area contributed by atoms with Crippen molar-refractivity contribution in [3.05, 3.63) is 94.0 Å². The van der Waals surface area contributed by atoms with Crippen LogP contribution in [0.4, 0.5) is 5.69 Å². The highest BCUT2D eigenvalue weighted by Gasteiger charge is 2.41. The third-order valence-electron chi connectivity index (χ3n) is 6.58. The number of benzene rings is 3. The SMILES string of the molecule is Cc1cc(C2Nc3ccc(C(=N)N)cc3C3c4ccccc4CCC23)ccc1O. The number of phenolic OH excluding ortho intramolecular Hbond substituents is 1. The van der Waals surface area contributed by atoms with Gasteiger partial charge in [0.25, 0.3) is 0 Å². The monoisotopic (exact) mass is 383 g/mol. The molecule has 3 atom stereocenters. The van der Waals surface area contributed by atoms with Crippen LogP contribution in [0.3, 0.4) is 0 Å². The Labute approximate surface area is 170 Å². The van der Waals surface area contributed by atoms with Gasteiger partial charge in [-0.25, -0.2) is 0 Å². The molecule has 5 rings (SSSR count). The molecule has 0 amide bonds. The Morgan fingerprint density at radius 2 is 1.90 bits per heavy atom. The van der Waals surface area contributed by atoms with Crippen molar-refractivity contribution >= 4 is 11.5 Å². The molecule has 0 spiro atoms. The molecular formula is C25H25N3O. The summed E-state index contributed by atoms with van der Waals surface area (Å²) in [5.74, 6) is 1.09. The van der Waals surface area contributed by atoms with Gasteiger partial charge in [-0.3, -0.25) is 5.41 Å². The van der Waals surface area contributed by atoms with Crippen molar-refractivity contribution in [2.24, 2.45) is 11.7 Å². The summed E-state index contributed by atoms with van der Waals surface area (Å²) in [5, 5.41) is 21.6. The normalized spacial score (nSPS) is 22.0. The summed E-state index contributed by atoms with van der Waals surface area (Å²) < 4.78 is 0. The quantitative estimate of drug-likeness (QED) is 0.377. The first kappa shape index (κ1) is 17.8. The Balaban J connectivity index is 1.69. The Hall–Kier alpha value is -3.27. The van der Waals surface area contributed by atoms with Gasteiger partial charge in [0.05, 0.1) is 6.04 Å². The lowest BCUT2D eigenvalue weighted by Crippen LogP contribution is -2.35. The molecular weight excluding hydrogens is 358 g/mol. The van der Waals surface area contributed by atoms with Crippen LogP contribution in [-0.4, -0.2) is 10.9 Å². The smallest absolute Gasteiger partial charge is 0.122 e. The number of rotatable bonds is 2. The first-order valence-corrected chi connectivity index (χ1v) is 10.1. The summed E-state index contributed by atoms with van der Waals surface area (Å²) in [5.41, 5.74) is 13.8. The second kappa shape index (κ2) is 6.66. The van der Waals surface area contributed by atoms with Crippen molar-refractivity contribution in [2.75, 3.05) is 5.32 Å². The van der Waals surface area contributed by atoms with E-state index < -0.39 is 0 Å². The van der Waals surface area contributed by atoms with Crippen LogP contribution in [0.1, 0.15) is 51.8 Å². The summed E-state index contributed by atoms with van der Waals surface area (Å²) in [6, 6.07) is 20.9. The van der Waals surface area contributed by atoms with Gasteiger partial charge in [-0.1, -0.05) is 36.4 Å². The fraction of sp³-hybridized carbons (Fsp3) is 0.240. The number of aromatic hydroxyl groups is 1. The Bertz CT molecular complexity index is 1120. The maximum absolute atomic E-state index is 9.99. The number of hydrogen-bond acceptors (Lipinski definition) is 3. The lowest BCUT2D eigenvalue weighted by Gasteiger charge is -2.45. The summed E-state index contributed by atoms with van der Waals surface area (Å²) in [7, 11) is 0. The first-order chi connectivity index (χ1) is 14.0. The van der Waals surface area contributed by atoms with Crippen molar-refractivity contribution in [2.45, 2.75) is 31.7 Å². The molecule has 0 bridgehead atoms. The lowest BCUT2D eigenvalue weighted by molar-refractivity contribution is 0.348. The number of phenols is 1. The van der Waals surface area contributed by atoms with Gasteiger partial charge in [0, 0.05) is 17.2 Å². The summed E-state index contributed by atoms with van der Waals surface area (Å²) in [6.45, 7) is 1.95. The summed E-state index contributed by atoms with van der Waals surface area (Å²) in [4.78, 5) is 0. The predicted molar refractivity (Wildman–Crippen MR) is 117 cm³/mol. The zero-order valence-electron chi connectivity index (χ0n) is 16.4. The molecule has 0 saturated heterocycles. The second-order valence-corrected chi connectivity index (χ2v) is 8.26. The van der Waals surface area contributed by atoms with Crippen LogP contribution in [0, 0.1) is 18.3 Å². The number of nitrogens with one attached hydrogen (secondary N) is 2. The maximum atomic E-state index is 9.99. The molecule has 2 aliphatic rings. The van der Waals surface area contributed by atoms with E-state index in [0.717, 1.165) is 29.7 Å². The maximum Gasteiger partial charge on any atom is 0.122 e. The van der Waals surface area contributed by atoms with Crippen LogP contribution in [0.5, 0.6) is 5.75 Å². The third kappa shape index (κ3) is 2.87. The van der Waals surface area contributed by atoms with Crippen LogP contribution in [0.15, 0.2) is 60.7 Å². The second-order valence-electron chi connectivity index (χ2n) is 8.26. The molecule has 3 aromatic carbocycles. The Kier molecular flexibility index (Phi) is 4.09. The molecule has 4 heteroatoms. The van der Waals surface area contributed by atoms with Gasteiger partial charge >= 0.3 is 0 Å². The van der Waals surface area contributed by atoms with Crippen LogP contribution < -0.4 is 11.1 Å². The van der Waals surface area contributed by atoms with E-state index in [4.69, 9.17) is 11.1 Å². The fourth-order valence-corrected chi connectivity index (χ4v) is 5.14. The van der Waals surface area contributed by atoms with Crippen LogP contribution in [0.2, 0.25) is 0 Å². The van der Waals surface area contributed by atoms with Gasteiger partial charge in [0.15, 0.2) is 0 Å². The van der Waals surface area contributed by atoms with Crippen molar-refractivity contribution in [1.29, 1.82) is 5.41 Å². The van der Waals surface area contributed by atoms with Gasteiger partial charge in [0.2, 0.25) is 0 Å². The molecule has 0 aromatic heterocycles. The molecule has 29 heavy (non-hydrogen) atoms. The van der Waals surface area contributed by atoms with E-state index >= 15 is 0 Å². The van der Waals surface area contributed by atoms with Gasteiger partial charge in [-0.2, -0.15) is 0 Å². The topological polar surface area (TPSA) is 82.1 Å². The minimum absolute atomic E-state index is 0.102. The largest absolute Gasteiger partial charge is 0.508 e. The number of nitrogens with two attached hydrogens (primary N) is 1. The van der Waals surface area contributed by atoms with Gasteiger partial charge in [-0.15, -0.1) is 0 Å². The zero-order chi connectivity index (χ0) is 20.1. The molecule has 0 radical (unpaired) electrons. The zero-order valence-corrected chi connectivity index (χ0v) is 16.4. The van der Waals surface area contributed by atoms with E-state index in [1.807, 2.05) is 19.1 Å². The number of fused-ring (bicyclic) bond motifs is 5. The standard InChI is InChI=1S/C25H25N3O/c1-14-12-16(8-11-22(14)29)24-19-9-6-15-4-2-3-5-18(15)23(19)20-13-17(25(26)27)7-10-21(20)28-24/h2-5,7-8,10-13,19,23-24,28-29H,6,9H2,1H3,(H3,26,27). The molecule has 1 heterocycles. The highest BCUT2D eigenvalue weighted by atomic mass is 16.3. The Morgan fingerprint density at radius 3 is 2.69 bits per heavy atom. The molecule has 1 aliphatic heterocycles. The van der Waals surface area contributed by atoms with Crippen molar-refractivity contribution in [3.8, 4) is 5.75 Å². The van der Waals surface area contributed by atoms with E-state index in [9.17, 15) is 5.11 Å². The van der Waals surface area contributed by atoms with Crippen molar-refractivity contribution in [3.63, 3.8) is 0 Å². The Morgan fingerprint density at radius 1 is 1.07 bits per heavy atom. The fourth-order valence-electron chi connectivity index (χ4n) is 5.14. The molecule has 146 valence electrons. The number of anilines is 1. The number of hydrogen-bond donors (Lipinski definition) is 4. The molecule has 3 unspecified atom stereocenters. The first-order valence-electron chi connectivity index (χ1n) is 10.1. The van der Waals surface area contributed by atoms with Crippen LogP contribution in [0.25, 0.3) is 0 Å². The van der Waals surface area contributed by atoms with Crippen LogP contribution >= 0.6 is 0 Å². The van der Waals surface area contributed by atoms with Crippen molar-refractivity contribution in [1.82, 2.24) is 0 Å². The molecule has 3 aromatic rings. The molecule has 4 nitrogen and oxygen atoms in total. The van der Waals surface area contributed by atoms with E-state index in [1.54, 1.807) is 6.07 Å². The molecule has 0 fully saturated rings. The van der Waals surface area contributed by atoms with Gasteiger partial charge < -0.3 is 16.2 Å². The highest BCUT2D eigenvalue weighted by Crippen LogP contribution is 2.52. The van der Waals surface area contributed by atoms with E-state index in [0.29, 0.717) is 11.7 Å². The minimum atomic E-state index is 0.102. The lowest BCUT2D eigenvalue weighted by atomic mass is 9.65. The van der Waals surface area contributed by atoms with Crippen molar-refractivity contribution < 1.29 is 5.11 Å². The van der Waals surface area contributed by atoms with E-state index in [2.05, 4.69) is 47.8 Å². The number of amidine groups is 1. The third-order valence-corrected chi connectivity index (χ3v) is 6.58.